The molecule has 0 radical (unpaired) electrons. The number of pyridine rings is 1. The Morgan fingerprint density at radius 3 is 2.67 bits per heavy atom. The SMILES string of the molecule is CCn1c(S[C@@H](C)C(=O)N(C)[C@@H]2CCS(=O)(=O)C2)nnc1-c1ccncc1. The summed E-state index contributed by atoms with van der Waals surface area (Å²) in [4.78, 5) is 18.4. The highest BCUT2D eigenvalue weighted by molar-refractivity contribution is 8.00. The van der Waals surface area contributed by atoms with E-state index < -0.39 is 15.1 Å². The van der Waals surface area contributed by atoms with Crippen LogP contribution in [-0.2, 0) is 21.2 Å². The van der Waals surface area contributed by atoms with Gasteiger partial charge in [0.2, 0.25) is 5.91 Å². The van der Waals surface area contributed by atoms with Crippen LogP contribution < -0.4 is 0 Å². The normalized spacial score (nSPS) is 19.7. The second-order valence-electron chi connectivity index (χ2n) is 6.55. The molecule has 1 amide bonds. The van der Waals surface area contributed by atoms with Gasteiger partial charge in [0.05, 0.1) is 16.8 Å². The van der Waals surface area contributed by atoms with Gasteiger partial charge in [-0.05, 0) is 32.4 Å². The molecule has 2 aromatic rings. The highest BCUT2D eigenvalue weighted by Gasteiger charge is 2.34. The van der Waals surface area contributed by atoms with Gasteiger partial charge in [-0.1, -0.05) is 11.8 Å². The highest BCUT2D eigenvalue weighted by atomic mass is 32.2. The predicted molar refractivity (Wildman–Crippen MR) is 104 cm³/mol. The summed E-state index contributed by atoms with van der Waals surface area (Å²) < 4.78 is 25.3. The van der Waals surface area contributed by atoms with Crippen molar-refractivity contribution >= 4 is 27.5 Å². The molecule has 8 nitrogen and oxygen atoms in total. The van der Waals surface area contributed by atoms with Crippen molar-refractivity contribution in [2.45, 2.75) is 43.3 Å². The highest BCUT2D eigenvalue weighted by Crippen LogP contribution is 2.28. The Balaban J connectivity index is 1.73. The molecule has 10 heteroatoms. The largest absolute Gasteiger partial charge is 0.341 e. The molecule has 0 N–H and O–H groups in total. The molecule has 0 unspecified atom stereocenters. The van der Waals surface area contributed by atoms with Crippen LogP contribution in [0.1, 0.15) is 20.3 Å². The number of rotatable bonds is 6. The van der Waals surface area contributed by atoms with Gasteiger partial charge in [0.1, 0.15) is 0 Å². The van der Waals surface area contributed by atoms with Gasteiger partial charge in [0, 0.05) is 37.6 Å². The number of carbonyl (C=O) groups excluding carboxylic acids is 1. The quantitative estimate of drug-likeness (QED) is 0.667. The van der Waals surface area contributed by atoms with Gasteiger partial charge in [-0.25, -0.2) is 8.42 Å². The Hall–Kier alpha value is -1.94. The van der Waals surface area contributed by atoms with Crippen LogP contribution in [0.3, 0.4) is 0 Å². The Labute approximate surface area is 163 Å². The number of sulfone groups is 1. The maximum Gasteiger partial charge on any atom is 0.235 e. The van der Waals surface area contributed by atoms with E-state index in [9.17, 15) is 13.2 Å². The standard InChI is InChI=1S/C17H23N5O3S2/c1-4-22-15(13-5-8-18-9-6-13)19-20-17(22)26-12(2)16(23)21(3)14-7-10-27(24,25)11-14/h5-6,8-9,12,14H,4,7,10-11H2,1-3H3/t12-,14+/m0/s1. The van der Waals surface area contributed by atoms with E-state index in [1.165, 1.54) is 11.8 Å². The number of hydrogen-bond donors (Lipinski definition) is 0. The molecule has 1 fully saturated rings. The van der Waals surface area contributed by atoms with E-state index in [-0.39, 0.29) is 23.5 Å². The molecule has 0 aliphatic carbocycles. The summed E-state index contributed by atoms with van der Waals surface area (Å²) in [5, 5.41) is 8.80. The van der Waals surface area contributed by atoms with Gasteiger partial charge in [-0.3, -0.25) is 9.78 Å². The lowest BCUT2D eigenvalue weighted by atomic mass is 10.2. The van der Waals surface area contributed by atoms with Crippen LogP contribution in [0.15, 0.2) is 29.7 Å². The second-order valence-corrected chi connectivity index (χ2v) is 10.1. The second kappa shape index (κ2) is 7.97. The maximum absolute atomic E-state index is 12.8. The van der Waals surface area contributed by atoms with E-state index >= 15 is 0 Å². The zero-order valence-corrected chi connectivity index (χ0v) is 17.2. The van der Waals surface area contributed by atoms with E-state index in [2.05, 4.69) is 15.2 Å². The molecule has 1 aliphatic rings. The minimum Gasteiger partial charge on any atom is -0.341 e. The molecule has 146 valence electrons. The summed E-state index contributed by atoms with van der Waals surface area (Å²) in [5.74, 6) is 0.829. The number of carbonyl (C=O) groups is 1. The number of nitrogens with zero attached hydrogens (tertiary/aromatic N) is 5. The van der Waals surface area contributed by atoms with Crippen LogP contribution in [0.5, 0.6) is 0 Å². The minimum absolute atomic E-state index is 0.0456. The molecule has 1 aliphatic heterocycles. The summed E-state index contributed by atoms with van der Waals surface area (Å²) in [7, 11) is -1.35. The fraction of sp³-hybridized carbons (Fsp3) is 0.529. The van der Waals surface area contributed by atoms with Crippen LogP contribution >= 0.6 is 11.8 Å². The van der Waals surface area contributed by atoms with E-state index in [1.807, 2.05) is 30.5 Å². The molecule has 0 aromatic carbocycles. The zero-order valence-electron chi connectivity index (χ0n) is 15.6. The van der Waals surface area contributed by atoms with E-state index in [0.29, 0.717) is 18.1 Å². The topological polar surface area (TPSA) is 98.1 Å². The van der Waals surface area contributed by atoms with Gasteiger partial charge in [-0.2, -0.15) is 0 Å². The summed E-state index contributed by atoms with van der Waals surface area (Å²) in [6.07, 6.45) is 3.90. The van der Waals surface area contributed by atoms with Gasteiger partial charge < -0.3 is 9.47 Å². The predicted octanol–water partition coefficient (Wildman–Crippen LogP) is 1.49. The third-order valence-electron chi connectivity index (χ3n) is 4.71. The number of amides is 1. The van der Waals surface area contributed by atoms with Crippen LogP contribution in [0.4, 0.5) is 0 Å². The smallest absolute Gasteiger partial charge is 0.235 e. The molecule has 3 rings (SSSR count). The first-order valence-corrected chi connectivity index (χ1v) is 11.5. The molecule has 27 heavy (non-hydrogen) atoms. The number of thioether (sulfide) groups is 1. The molecule has 2 aromatic heterocycles. The Bertz CT molecular complexity index is 914. The lowest BCUT2D eigenvalue weighted by Gasteiger charge is -2.26. The van der Waals surface area contributed by atoms with E-state index in [0.717, 1.165) is 11.4 Å². The molecule has 0 saturated carbocycles. The first kappa shape index (κ1) is 19.8. The van der Waals surface area contributed by atoms with Crippen molar-refractivity contribution < 1.29 is 13.2 Å². The van der Waals surface area contributed by atoms with Gasteiger partial charge in [0.25, 0.3) is 0 Å². The summed E-state index contributed by atoms with van der Waals surface area (Å²) in [6, 6.07) is 3.49. The van der Waals surface area contributed by atoms with Gasteiger partial charge in [0.15, 0.2) is 20.8 Å². The molecule has 1 saturated heterocycles. The van der Waals surface area contributed by atoms with E-state index in [1.54, 1.807) is 24.3 Å². The van der Waals surface area contributed by atoms with Crippen LogP contribution in [0.2, 0.25) is 0 Å². The van der Waals surface area contributed by atoms with E-state index in [4.69, 9.17) is 0 Å². The summed E-state index contributed by atoms with van der Waals surface area (Å²) in [5.41, 5.74) is 0.915. The molecule has 3 heterocycles. The molecule has 0 spiro atoms. The van der Waals surface area contributed by atoms with Crippen molar-refractivity contribution in [2.24, 2.45) is 0 Å². The average molecular weight is 410 g/mol. The lowest BCUT2D eigenvalue weighted by Crippen LogP contribution is -2.41. The molecular formula is C17H23N5O3S2. The third-order valence-corrected chi connectivity index (χ3v) is 7.52. The number of hydrogen-bond acceptors (Lipinski definition) is 7. The monoisotopic (exact) mass is 409 g/mol. The Kier molecular flexibility index (Phi) is 5.85. The Morgan fingerprint density at radius 1 is 1.37 bits per heavy atom. The molecule has 0 bridgehead atoms. The van der Waals surface area contributed by atoms with Crippen molar-refractivity contribution in [1.82, 2.24) is 24.6 Å². The first-order valence-electron chi connectivity index (χ1n) is 8.79. The van der Waals surface area contributed by atoms with Crippen molar-refractivity contribution in [3.63, 3.8) is 0 Å². The fourth-order valence-electron chi connectivity index (χ4n) is 3.13. The van der Waals surface area contributed by atoms with Crippen molar-refractivity contribution in [3.8, 4) is 11.4 Å². The van der Waals surface area contributed by atoms with Crippen molar-refractivity contribution in [2.75, 3.05) is 18.6 Å². The van der Waals surface area contributed by atoms with Gasteiger partial charge in [-0.15, -0.1) is 10.2 Å². The Morgan fingerprint density at radius 2 is 2.07 bits per heavy atom. The average Bonchev–Trinajstić information content (AvgIpc) is 3.23. The molecule has 2 atom stereocenters. The van der Waals surface area contributed by atoms with Crippen LogP contribution in [0, 0.1) is 0 Å². The number of aromatic nitrogens is 4. The minimum atomic E-state index is -3.03. The summed E-state index contributed by atoms with van der Waals surface area (Å²) in [6.45, 7) is 4.48. The van der Waals surface area contributed by atoms with Crippen molar-refractivity contribution in [1.29, 1.82) is 0 Å². The maximum atomic E-state index is 12.8. The first-order chi connectivity index (χ1) is 12.8. The fourth-order valence-corrected chi connectivity index (χ4v) is 5.92. The zero-order chi connectivity index (χ0) is 19.6. The van der Waals surface area contributed by atoms with Crippen LogP contribution in [0.25, 0.3) is 11.4 Å². The van der Waals surface area contributed by atoms with Crippen molar-refractivity contribution in [3.05, 3.63) is 24.5 Å². The van der Waals surface area contributed by atoms with Gasteiger partial charge >= 0.3 is 0 Å². The van der Waals surface area contributed by atoms with Crippen LogP contribution in [-0.4, -0.2) is 68.8 Å². The molecular weight excluding hydrogens is 386 g/mol. The lowest BCUT2D eigenvalue weighted by molar-refractivity contribution is -0.130. The summed E-state index contributed by atoms with van der Waals surface area (Å²) >= 11 is 1.34. The third kappa shape index (κ3) is 4.32.